The topological polar surface area (TPSA) is 113 Å². The van der Waals surface area contributed by atoms with Crippen molar-refractivity contribution in [2.24, 2.45) is 5.73 Å². The molecule has 0 saturated carbocycles. The first kappa shape index (κ1) is 22.3. The van der Waals surface area contributed by atoms with Gasteiger partial charge in [-0.05, 0) is 61.0 Å². The molecule has 0 aliphatic carbocycles. The van der Waals surface area contributed by atoms with Crippen LogP contribution in [0.3, 0.4) is 0 Å². The molecular weight excluding hydrogens is 418 g/mol. The molecule has 0 bridgehead atoms. The predicted octanol–water partition coefficient (Wildman–Crippen LogP) is 3.45. The van der Waals surface area contributed by atoms with Gasteiger partial charge in [0.25, 0.3) is 0 Å². The molecule has 1 unspecified atom stereocenters. The van der Waals surface area contributed by atoms with Crippen LogP contribution < -0.4 is 26.0 Å². The van der Waals surface area contributed by atoms with E-state index >= 15 is 0 Å². The summed E-state index contributed by atoms with van der Waals surface area (Å²) in [4.78, 5) is 18.4. The molecule has 0 spiro atoms. The van der Waals surface area contributed by atoms with Gasteiger partial charge in [-0.2, -0.15) is 0 Å². The van der Waals surface area contributed by atoms with Gasteiger partial charge >= 0.3 is 0 Å². The van der Waals surface area contributed by atoms with Crippen LogP contribution in [0.1, 0.15) is 18.2 Å². The van der Waals surface area contributed by atoms with Gasteiger partial charge in [0.1, 0.15) is 29.4 Å². The number of carbonyl (C=O) groups excluding carboxylic acids is 1. The first-order valence-electron chi connectivity index (χ1n) is 10.7. The minimum absolute atomic E-state index is 0.0330. The van der Waals surface area contributed by atoms with Gasteiger partial charge in [-0.25, -0.2) is 4.98 Å². The van der Waals surface area contributed by atoms with Gasteiger partial charge in [-0.1, -0.05) is 24.8 Å². The molecule has 2 atom stereocenters. The number of para-hydroxylation sites is 1. The summed E-state index contributed by atoms with van der Waals surface area (Å²) in [6, 6.07) is 20.6. The zero-order valence-electron chi connectivity index (χ0n) is 18.1. The summed E-state index contributed by atoms with van der Waals surface area (Å²) in [6.07, 6.45) is 0.915. The highest BCUT2D eigenvalue weighted by Crippen LogP contribution is 2.29. The summed E-state index contributed by atoms with van der Waals surface area (Å²) in [5.41, 5.74) is 7.02. The fourth-order valence-electron chi connectivity index (χ4n) is 3.69. The minimum Gasteiger partial charge on any atom is -0.457 e. The van der Waals surface area contributed by atoms with Gasteiger partial charge in [0.05, 0.1) is 0 Å². The summed E-state index contributed by atoms with van der Waals surface area (Å²) in [5, 5.41) is 16.2. The number of nitrogens with one attached hydrogen (secondary N) is 2. The van der Waals surface area contributed by atoms with E-state index in [0.29, 0.717) is 23.7 Å². The van der Waals surface area contributed by atoms with Crippen LogP contribution in [0.15, 0.2) is 79.4 Å². The zero-order chi connectivity index (χ0) is 23.2. The van der Waals surface area contributed by atoms with Crippen LogP contribution in [-0.2, 0) is 4.79 Å². The quantitative estimate of drug-likeness (QED) is 0.310. The van der Waals surface area contributed by atoms with Crippen molar-refractivity contribution in [1.29, 1.82) is 0 Å². The highest BCUT2D eigenvalue weighted by Gasteiger charge is 2.25. The Balaban J connectivity index is 1.48. The van der Waals surface area contributed by atoms with Crippen molar-refractivity contribution in [2.75, 3.05) is 23.3 Å². The molecule has 3 aromatic rings. The third kappa shape index (κ3) is 5.68. The van der Waals surface area contributed by atoms with E-state index in [2.05, 4.69) is 22.1 Å². The van der Waals surface area contributed by atoms with Crippen LogP contribution in [0.5, 0.6) is 11.5 Å². The van der Waals surface area contributed by atoms with Crippen molar-refractivity contribution in [2.45, 2.75) is 18.7 Å². The molecule has 5 N–H and O–H groups in total. The van der Waals surface area contributed by atoms with Crippen LogP contribution in [0, 0.1) is 0 Å². The van der Waals surface area contributed by atoms with Crippen LogP contribution in [-0.4, -0.2) is 35.1 Å². The molecule has 33 heavy (non-hydrogen) atoms. The first-order chi connectivity index (χ1) is 16.0. The Kier molecular flexibility index (Phi) is 6.87. The van der Waals surface area contributed by atoms with Crippen molar-refractivity contribution in [3.63, 3.8) is 0 Å². The molecule has 4 rings (SSSR count). The standard InChI is InChI=1S/C25H27N5O3/c1-2-23(31)27-18-14-15-30(16-18)22-13-12-21(24(26)32)25(29-22)28-17-8-10-20(11-9-17)33-19-6-4-3-5-7-19/h2-13,18,24,32H,1,14-16,26H2,(H,27,31)(H,28,29)/t18-,24?/m0/s1. The lowest BCUT2D eigenvalue weighted by molar-refractivity contribution is -0.117. The minimum atomic E-state index is -1.17. The van der Waals surface area contributed by atoms with E-state index in [9.17, 15) is 9.90 Å². The number of benzene rings is 2. The van der Waals surface area contributed by atoms with E-state index in [1.54, 1.807) is 6.07 Å². The molecule has 2 aromatic carbocycles. The summed E-state index contributed by atoms with van der Waals surface area (Å²) in [7, 11) is 0. The summed E-state index contributed by atoms with van der Waals surface area (Å²) in [6.45, 7) is 4.89. The number of nitrogens with zero attached hydrogens (tertiary/aromatic N) is 2. The summed E-state index contributed by atoms with van der Waals surface area (Å²) < 4.78 is 5.83. The lowest BCUT2D eigenvalue weighted by Crippen LogP contribution is -2.36. The Morgan fingerprint density at radius 2 is 1.88 bits per heavy atom. The van der Waals surface area contributed by atoms with E-state index < -0.39 is 6.23 Å². The van der Waals surface area contributed by atoms with Gasteiger partial charge < -0.3 is 31.1 Å². The maximum Gasteiger partial charge on any atom is 0.243 e. The fraction of sp³-hybridized carbons (Fsp3) is 0.200. The average molecular weight is 446 g/mol. The fourth-order valence-corrected chi connectivity index (χ4v) is 3.69. The Bertz CT molecular complexity index is 1100. The molecule has 1 fully saturated rings. The molecule has 1 amide bonds. The molecule has 1 aromatic heterocycles. The third-order valence-corrected chi connectivity index (χ3v) is 5.37. The second-order valence-corrected chi connectivity index (χ2v) is 7.76. The number of pyridine rings is 1. The molecule has 8 heteroatoms. The number of anilines is 3. The van der Waals surface area contributed by atoms with Gasteiger partial charge in [-0.15, -0.1) is 0 Å². The van der Waals surface area contributed by atoms with Gasteiger partial charge in [0, 0.05) is 30.4 Å². The maximum absolute atomic E-state index is 11.6. The van der Waals surface area contributed by atoms with Crippen LogP contribution in [0.4, 0.5) is 17.3 Å². The molecule has 8 nitrogen and oxygen atoms in total. The Labute approximate surface area is 192 Å². The van der Waals surface area contributed by atoms with E-state index in [1.165, 1.54) is 6.08 Å². The van der Waals surface area contributed by atoms with E-state index in [0.717, 1.165) is 30.2 Å². The predicted molar refractivity (Wildman–Crippen MR) is 129 cm³/mol. The Hall–Kier alpha value is -3.88. The van der Waals surface area contributed by atoms with Crippen molar-refractivity contribution < 1.29 is 14.6 Å². The molecular formula is C25H27N5O3. The second-order valence-electron chi connectivity index (χ2n) is 7.76. The maximum atomic E-state index is 11.6. The number of nitrogens with two attached hydrogens (primary N) is 1. The highest BCUT2D eigenvalue weighted by molar-refractivity contribution is 5.87. The smallest absolute Gasteiger partial charge is 0.243 e. The Morgan fingerprint density at radius 1 is 1.15 bits per heavy atom. The lowest BCUT2D eigenvalue weighted by Gasteiger charge is -2.21. The third-order valence-electron chi connectivity index (χ3n) is 5.37. The number of amides is 1. The van der Waals surface area contributed by atoms with E-state index in [-0.39, 0.29) is 11.9 Å². The first-order valence-corrected chi connectivity index (χ1v) is 10.7. The molecule has 2 heterocycles. The van der Waals surface area contributed by atoms with Crippen LogP contribution in [0.25, 0.3) is 0 Å². The average Bonchev–Trinajstić information content (AvgIpc) is 3.29. The number of hydrogen-bond donors (Lipinski definition) is 4. The highest BCUT2D eigenvalue weighted by atomic mass is 16.5. The number of aliphatic hydroxyl groups is 1. The largest absolute Gasteiger partial charge is 0.457 e. The Morgan fingerprint density at radius 3 is 2.58 bits per heavy atom. The number of ether oxygens (including phenoxy) is 1. The van der Waals surface area contributed by atoms with Gasteiger partial charge in [-0.3, -0.25) is 4.79 Å². The number of rotatable bonds is 8. The number of hydrogen-bond acceptors (Lipinski definition) is 7. The molecule has 1 aliphatic rings. The SMILES string of the molecule is C=CC(=O)N[C@H]1CCN(c2ccc(C(N)O)c(Nc3ccc(Oc4ccccc4)cc3)n2)C1. The van der Waals surface area contributed by atoms with Gasteiger partial charge in [0.2, 0.25) is 5.91 Å². The normalized spacial score (nSPS) is 16.2. The van der Waals surface area contributed by atoms with Crippen molar-refractivity contribution >= 4 is 23.2 Å². The molecule has 1 aliphatic heterocycles. The molecule has 170 valence electrons. The summed E-state index contributed by atoms with van der Waals surface area (Å²) in [5.74, 6) is 2.49. The number of aliphatic hydroxyl groups excluding tert-OH is 1. The second kappa shape index (κ2) is 10.2. The van der Waals surface area contributed by atoms with Crippen molar-refractivity contribution in [3.05, 3.63) is 84.9 Å². The molecule has 1 saturated heterocycles. The molecule has 0 radical (unpaired) electrons. The number of carbonyl (C=O) groups is 1. The lowest BCUT2D eigenvalue weighted by atomic mass is 10.2. The van der Waals surface area contributed by atoms with E-state index in [4.69, 9.17) is 15.5 Å². The van der Waals surface area contributed by atoms with Crippen molar-refractivity contribution in [1.82, 2.24) is 10.3 Å². The summed E-state index contributed by atoms with van der Waals surface area (Å²) >= 11 is 0. The van der Waals surface area contributed by atoms with Crippen LogP contribution >= 0.6 is 0 Å². The van der Waals surface area contributed by atoms with Crippen LogP contribution in [0.2, 0.25) is 0 Å². The van der Waals surface area contributed by atoms with E-state index in [1.807, 2.05) is 60.7 Å². The van der Waals surface area contributed by atoms with Gasteiger partial charge in [0.15, 0.2) is 0 Å². The monoisotopic (exact) mass is 445 g/mol. The van der Waals surface area contributed by atoms with Crippen molar-refractivity contribution in [3.8, 4) is 11.5 Å². The zero-order valence-corrected chi connectivity index (χ0v) is 18.1. The number of aromatic nitrogens is 1.